The van der Waals surface area contributed by atoms with Crippen LogP contribution in [0.15, 0.2) is 60.7 Å². The Balaban J connectivity index is 1.81. The van der Waals surface area contributed by atoms with Gasteiger partial charge in [0.05, 0.1) is 6.04 Å². The molecule has 10 N–H and O–H groups in total. The maximum Gasteiger partial charge on any atom is 0.389 e. The van der Waals surface area contributed by atoms with Crippen LogP contribution < -0.4 is 33.2 Å². The number of unbranched alkanes of at least 4 members (excludes halogenated alkanes) is 1. The molecule has 16 heteroatoms. The Morgan fingerprint density at radius 1 is 0.750 bits per heavy atom. The van der Waals surface area contributed by atoms with E-state index >= 15 is 0 Å². The number of alkyl halides is 3. The fraction of sp³-hybridized carbons (Fsp3) is 0.528. The first-order valence-corrected chi connectivity index (χ1v) is 17.4. The van der Waals surface area contributed by atoms with Crippen LogP contribution in [-0.2, 0) is 36.8 Å². The molecule has 52 heavy (non-hydrogen) atoms. The Labute approximate surface area is 301 Å². The monoisotopic (exact) mass is 733 g/mol. The maximum atomic E-state index is 13.8. The lowest BCUT2D eigenvalue weighted by molar-refractivity contribution is -0.148. The van der Waals surface area contributed by atoms with Crippen molar-refractivity contribution in [2.24, 2.45) is 17.2 Å². The van der Waals surface area contributed by atoms with Gasteiger partial charge in [0.1, 0.15) is 23.7 Å². The molecule has 0 radical (unpaired) electrons. The molecular weight excluding hydrogens is 683 g/mol. The number of piperidine rings is 1. The molecule has 1 unspecified atom stereocenters. The summed E-state index contributed by atoms with van der Waals surface area (Å²) in [4.78, 5) is 67.4. The largest absolute Gasteiger partial charge is 0.480 e. The highest BCUT2D eigenvalue weighted by Gasteiger charge is 2.40. The minimum absolute atomic E-state index is 0.0124. The number of hydrogen-bond acceptors (Lipinski definition) is 8. The molecule has 1 aliphatic rings. The van der Waals surface area contributed by atoms with E-state index in [1.54, 1.807) is 54.6 Å². The molecule has 0 spiro atoms. The molecule has 0 bridgehead atoms. The number of hydrogen-bond donors (Lipinski definition) is 7. The van der Waals surface area contributed by atoms with Gasteiger partial charge in [-0.1, -0.05) is 60.7 Å². The van der Waals surface area contributed by atoms with Crippen LogP contribution in [0.25, 0.3) is 0 Å². The molecule has 4 amide bonds. The topological polar surface area (TPSA) is 223 Å². The number of carbonyl (C=O) groups excluding carboxylic acids is 4. The average molecular weight is 734 g/mol. The molecule has 2 aromatic rings. The minimum Gasteiger partial charge on any atom is -0.480 e. The summed E-state index contributed by atoms with van der Waals surface area (Å²) in [5, 5.41) is 17.3. The van der Waals surface area contributed by atoms with Crippen LogP contribution in [0.2, 0.25) is 0 Å². The highest BCUT2D eigenvalue weighted by molar-refractivity contribution is 5.95. The van der Waals surface area contributed by atoms with Gasteiger partial charge in [-0.15, -0.1) is 0 Å². The number of nitrogens with two attached hydrogens (primary N) is 3. The zero-order valence-corrected chi connectivity index (χ0v) is 29.1. The summed E-state index contributed by atoms with van der Waals surface area (Å²) in [7, 11) is 0. The lowest BCUT2D eigenvalue weighted by Crippen LogP contribution is -2.60. The van der Waals surface area contributed by atoms with E-state index in [4.69, 9.17) is 17.2 Å². The number of amides is 4. The standard InChI is InChI=1S/C36H50F3N7O6/c37-36(38,39)16-9-15-27(31(48)44-28(14-7-8-19-40)33(50)46-20-17-35(42,18-21-46)34(51)52)43-32(49)29(23-25-12-5-2-6-13-25)45-30(47)26(41)22-24-10-3-1-4-11-24/h1-6,10-13,26-29H,7-9,14-23,40-42H2,(H,43,49)(H,44,48)(H,45,47)(H,51,52)/t26-,27?,28-,29-/m1/s1. The summed E-state index contributed by atoms with van der Waals surface area (Å²) >= 11 is 0. The molecule has 0 saturated carbocycles. The van der Waals surface area contributed by atoms with Gasteiger partial charge in [-0.05, 0) is 69.0 Å². The second kappa shape index (κ2) is 19.9. The zero-order chi connectivity index (χ0) is 38.3. The van der Waals surface area contributed by atoms with Crippen molar-refractivity contribution in [3.8, 4) is 0 Å². The molecule has 286 valence electrons. The quantitative estimate of drug-likeness (QED) is 0.104. The number of nitrogens with zero attached hydrogens (tertiary/aromatic N) is 1. The highest BCUT2D eigenvalue weighted by atomic mass is 19.4. The van der Waals surface area contributed by atoms with Gasteiger partial charge >= 0.3 is 12.1 Å². The lowest BCUT2D eigenvalue weighted by atomic mass is 9.88. The van der Waals surface area contributed by atoms with E-state index in [1.807, 2.05) is 6.07 Å². The summed E-state index contributed by atoms with van der Waals surface area (Å²) in [6.07, 6.45) is -5.46. The van der Waals surface area contributed by atoms with Crippen molar-refractivity contribution < 1.29 is 42.3 Å². The van der Waals surface area contributed by atoms with Crippen molar-refractivity contribution in [3.05, 3.63) is 71.8 Å². The summed E-state index contributed by atoms with van der Waals surface area (Å²) in [6.45, 7) is 0.348. The number of benzene rings is 2. The normalized spacial score (nSPS) is 16.5. The second-order valence-corrected chi connectivity index (χ2v) is 13.2. The first-order chi connectivity index (χ1) is 24.6. The smallest absolute Gasteiger partial charge is 0.389 e. The molecule has 2 aromatic carbocycles. The van der Waals surface area contributed by atoms with Crippen LogP contribution in [0.5, 0.6) is 0 Å². The fourth-order valence-corrected chi connectivity index (χ4v) is 5.93. The number of nitrogens with one attached hydrogen (secondary N) is 3. The van der Waals surface area contributed by atoms with E-state index in [9.17, 15) is 42.3 Å². The van der Waals surface area contributed by atoms with Crippen LogP contribution in [0, 0.1) is 0 Å². The van der Waals surface area contributed by atoms with Gasteiger partial charge in [-0.3, -0.25) is 24.0 Å². The minimum atomic E-state index is -4.52. The van der Waals surface area contributed by atoms with Crippen LogP contribution in [-0.4, -0.2) is 95.1 Å². The van der Waals surface area contributed by atoms with E-state index in [-0.39, 0.29) is 45.2 Å². The van der Waals surface area contributed by atoms with Gasteiger partial charge < -0.3 is 43.2 Å². The Bertz CT molecular complexity index is 1470. The van der Waals surface area contributed by atoms with Crippen molar-refractivity contribution in [3.63, 3.8) is 0 Å². The van der Waals surface area contributed by atoms with Crippen LogP contribution in [0.1, 0.15) is 62.5 Å². The van der Waals surface area contributed by atoms with Crippen molar-refractivity contribution in [2.45, 2.75) is 100 Å². The Morgan fingerprint density at radius 2 is 1.25 bits per heavy atom. The average Bonchev–Trinajstić information content (AvgIpc) is 3.10. The van der Waals surface area contributed by atoms with Crippen molar-refractivity contribution in [1.82, 2.24) is 20.9 Å². The SMILES string of the molecule is NCCCC[C@@H](NC(=O)C(CCCC(F)(F)F)NC(=O)[C@@H](Cc1ccccc1)NC(=O)[C@H](N)Cc1ccccc1)C(=O)N1CCC(N)(C(=O)O)CC1. The number of rotatable bonds is 19. The highest BCUT2D eigenvalue weighted by Crippen LogP contribution is 2.24. The van der Waals surface area contributed by atoms with Crippen molar-refractivity contribution in [1.29, 1.82) is 0 Å². The third-order valence-corrected chi connectivity index (χ3v) is 9.09. The first kappa shape index (κ1) is 41.9. The maximum absolute atomic E-state index is 13.8. The fourth-order valence-electron chi connectivity index (χ4n) is 5.93. The predicted octanol–water partition coefficient (Wildman–Crippen LogP) is 1.52. The summed E-state index contributed by atoms with van der Waals surface area (Å²) in [5.74, 6) is -4.06. The van der Waals surface area contributed by atoms with Gasteiger partial charge in [0.2, 0.25) is 23.6 Å². The number of carboxylic acid groups (broad SMARTS) is 1. The zero-order valence-electron chi connectivity index (χ0n) is 29.1. The molecule has 4 atom stereocenters. The predicted molar refractivity (Wildman–Crippen MR) is 187 cm³/mol. The number of carboxylic acids is 1. The third kappa shape index (κ3) is 13.5. The van der Waals surface area contributed by atoms with Crippen LogP contribution in [0.3, 0.4) is 0 Å². The number of aliphatic carboxylic acids is 1. The Morgan fingerprint density at radius 3 is 1.79 bits per heavy atom. The van der Waals surface area contributed by atoms with Gasteiger partial charge in [0.15, 0.2) is 0 Å². The lowest BCUT2D eigenvalue weighted by Gasteiger charge is -2.38. The van der Waals surface area contributed by atoms with Gasteiger partial charge in [0, 0.05) is 25.9 Å². The summed E-state index contributed by atoms with van der Waals surface area (Å²) < 4.78 is 39.5. The van der Waals surface area contributed by atoms with Gasteiger partial charge in [-0.25, -0.2) is 0 Å². The van der Waals surface area contributed by atoms with E-state index in [1.165, 1.54) is 4.90 Å². The third-order valence-electron chi connectivity index (χ3n) is 9.09. The van der Waals surface area contributed by atoms with E-state index in [2.05, 4.69) is 16.0 Å². The second-order valence-electron chi connectivity index (χ2n) is 13.2. The Hall–Kier alpha value is -4.54. The van der Waals surface area contributed by atoms with Crippen LogP contribution >= 0.6 is 0 Å². The summed E-state index contributed by atoms with van der Waals surface area (Å²) in [5.41, 5.74) is 17.7. The first-order valence-electron chi connectivity index (χ1n) is 17.4. The number of carbonyl (C=O) groups is 5. The molecule has 1 saturated heterocycles. The Kier molecular flexibility index (Phi) is 16.0. The van der Waals surface area contributed by atoms with Crippen molar-refractivity contribution in [2.75, 3.05) is 19.6 Å². The number of halogens is 3. The molecular formula is C36H50F3N7O6. The summed E-state index contributed by atoms with van der Waals surface area (Å²) in [6, 6.07) is 12.8. The molecule has 13 nitrogen and oxygen atoms in total. The molecule has 1 fully saturated rings. The molecule has 3 rings (SSSR count). The van der Waals surface area contributed by atoms with E-state index < -0.39 is 84.7 Å². The number of likely N-dealkylation sites (tertiary alicyclic amines) is 1. The van der Waals surface area contributed by atoms with Crippen molar-refractivity contribution >= 4 is 29.6 Å². The van der Waals surface area contributed by atoms with E-state index in [0.717, 1.165) is 5.56 Å². The van der Waals surface area contributed by atoms with Gasteiger partial charge in [-0.2, -0.15) is 13.2 Å². The van der Waals surface area contributed by atoms with E-state index in [0.29, 0.717) is 24.9 Å². The van der Waals surface area contributed by atoms with Gasteiger partial charge in [0.25, 0.3) is 0 Å². The molecule has 0 aromatic heterocycles. The molecule has 0 aliphatic carbocycles. The molecule has 1 heterocycles. The van der Waals surface area contributed by atoms with Crippen LogP contribution in [0.4, 0.5) is 13.2 Å². The molecule has 1 aliphatic heterocycles.